The van der Waals surface area contributed by atoms with Crippen molar-refractivity contribution in [2.45, 2.75) is 0 Å². The molecule has 3 aromatic rings. The summed E-state index contributed by atoms with van der Waals surface area (Å²) in [5.74, 6) is 0.173. The third-order valence-corrected chi connectivity index (χ3v) is 3.45. The Morgan fingerprint density at radius 1 is 1.05 bits per heavy atom. The largest absolute Gasteiger partial charge is 0.508 e. The van der Waals surface area contributed by atoms with Crippen molar-refractivity contribution in [3.8, 4) is 5.75 Å². The van der Waals surface area contributed by atoms with E-state index in [-0.39, 0.29) is 5.75 Å². The number of phenolic OH excluding ortho intramolecular Hbond substituents is 1. The lowest BCUT2D eigenvalue weighted by molar-refractivity contribution is 0.475. The Morgan fingerprint density at radius 2 is 1.90 bits per heavy atom. The lowest BCUT2D eigenvalue weighted by atomic mass is 9.94. The molecular formula is C15H12BClN2O. The molecule has 0 aliphatic rings. The maximum Gasteiger partial charge on any atom is 0.139 e. The van der Waals surface area contributed by atoms with Crippen LogP contribution >= 0.6 is 11.6 Å². The van der Waals surface area contributed by atoms with Crippen LogP contribution in [0.2, 0.25) is 5.02 Å². The van der Waals surface area contributed by atoms with E-state index < -0.39 is 0 Å². The number of benzene rings is 2. The number of nitrogens with zero attached hydrogens (tertiary/aromatic N) is 1. The first-order chi connectivity index (χ1) is 9.63. The van der Waals surface area contributed by atoms with Crippen LogP contribution in [0.25, 0.3) is 10.9 Å². The van der Waals surface area contributed by atoms with Gasteiger partial charge in [0, 0.05) is 23.3 Å². The fraction of sp³-hybridized carbons (Fsp3) is 0. The topological polar surface area (TPSA) is 45.2 Å². The van der Waals surface area contributed by atoms with E-state index in [9.17, 15) is 5.11 Å². The van der Waals surface area contributed by atoms with Gasteiger partial charge in [-0.05, 0) is 24.3 Å². The Balaban J connectivity index is 2.10. The molecule has 2 aromatic carbocycles. The number of nitrogens with one attached hydrogen (secondary N) is 1. The molecule has 1 aromatic heterocycles. The fourth-order valence-corrected chi connectivity index (χ4v) is 2.29. The van der Waals surface area contributed by atoms with Crippen molar-refractivity contribution < 1.29 is 5.11 Å². The van der Waals surface area contributed by atoms with E-state index in [1.165, 1.54) is 0 Å². The Kier molecular flexibility index (Phi) is 3.24. The number of aromatic hydroxyl groups is 1. The van der Waals surface area contributed by atoms with Gasteiger partial charge in [-0.15, -0.1) is 0 Å². The molecule has 0 fully saturated rings. The zero-order valence-corrected chi connectivity index (χ0v) is 11.6. The summed E-state index contributed by atoms with van der Waals surface area (Å²) in [5.41, 5.74) is 3.65. The second-order valence-electron chi connectivity index (χ2n) is 4.67. The van der Waals surface area contributed by atoms with E-state index in [1.807, 2.05) is 26.0 Å². The molecule has 1 heterocycles. The zero-order valence-electron chi connectivity index (χ0n) is 10.9. The first-order valence-electron chi connectivity index (χ1n) is 6.24. The zero-order chi connectivity index (χ0) is 14.1. The first kappa shape index (κ1) is 12.8. The van der Waals surface area contributed by atoms with Crippen LogP contribution in [0.15, 0.2) is 48.7 Å². The van der Waals surface area contributed by atoms with E-state index in [2.05, 4.69) is 16.4 Å². The van der Waals surface area contributed by atoms with Gasteiger partial charge >= 0.3 is 0 Å². The second kappa shape index (κ2) is 5.06. The number of phenols is 1. The maximum atomic E-state index is 9.56. The normalized spacial score (nSPS) is 10.7. The van der Waals surface area contributed by atoms with Gasteiger partial charge < -0.3 is 10.4 Å². The van der Waals surface area contributed by atoms with Crippen LogP contribution in [0.4, 0.5) is 11.4 Å². The lowest BCUT2D eigenvalue weighted by Gasteiger charge is -2.11. The van der Waals surface area contributed by atoms with E-state index >= 15 is 0 Å². The number of aromatic nitrogens is 1. The molecule has 3 nitrogen and oxygen atoms in total. The summed E-state index contributed by atoms with van der Waals surface area (Å²) in [6, 6.07) is 12.8. The molecule has 0 unspecified atom stereocenters. The van der Waals surface area contributed by atoms with Crippen molar-refractivity contribution in [1.29, 1.82) is 0 Å². The van der Waals surface area contributed by atoms with Gasteiger partial charge in [0.25, 0.3) is 0 Å². The van der Waals surface area contributed by atoms with Gasteiger partial charge in [0.2, 0.25) is 0 Å². The van der Waals surface area contributed by atoms with Crippen molar-refractivity contribution in [1.82, 2.24) is 4.98 Å². The van der Waals surface area contributed by atoms with Crippen molar-refractivity contribution >= 4 is 47.2 Å². The minimum Gasteiger partial charge on any atom is -0.508 e. The predicted molar refractivity (Wildman–Crippen MR) is 86.3 cm³/mol. The molecule has 0 spiro atoms. The second-order valence-corrected chi connectivity index (χ2v) is 5.08. The molecule has 0 radical (unpaired) electrons. The van der Waals surface area contributed by atoms with Crippen LogP contribution in [0.5, 0.6) is 5.75 Å². The van der Waals surface area contributed by atoms with Gasteiger partial charge in [0.05, 0.1) is 16.2 Å². The molecule has 2 N–H and O–H groups in total. The summed E-state index contributed by atoms with van der Waals surface area (Å²) in [7, 11) is 2.04. The summed E-state index contributed by atoms with van der Waals surface area (Å²) < 4.78 is 0. The van der Waals surface area contributed by atoms with E-state index in [0.29, 0.717) is 10.7 Å². The van der Waals surface area contributed by atoms with Crippen LogP contribution in [0, 0.1) is 0 Å². The van der Waals surface area contributed by atoms with Crippen molar-refractivity contribution in [3.63, 3.8) is 0 Å². The Bertz CT molecular complexity index is 792. The number of halogens is 1. The number of rotatable bonds is 2. The van der Waals surface area contributed by atoms with Crippen LogP contribution in [-0.2, 0) is 0 Å². The van der Waals surface area contributed by atoms with Gasteiger partial charge in [-0.3, -0.25) is 4.98 Å². The minimum atomic E-state index is 0.173. The SMILES string of the molecule is Bc1ccc2nccc(Nc3cc(O)ccc3Cl)c2c1. The van der Waals surface area contributed by atoms with Crippen molar-refractivity contribution in [2.75, 3.05) is 5.32 Å². The molecular weight excluding hydrogens is 270 g/mol. The van der Waals surface area contributed by atoms with Gasteiger partial charge in [-0.25, -0.2) is 0 Å². The Hall–Kier alpha value is -2.20. The smallest absolute Gasteiger partial charge is 0.139 e. The van der Waals surface area contributed by atoms with Gasteiger partial charge in [0.15, 0.2) is 0 Å². The molecule has 0 aliphatic heterocycles. The number of hydrogen-bond donors (Lipinski definition) is 2. The molecule has 0 bridgehead atoms. The van der Waals surface area contributed by atoms with E-state index in [4.69, 9.17) is 11.6 Å². The highest BCUT2D eigenvalue weighted by atomic mass is 35.5. The monoisotopic (exact) mass is 282 g/mol. The lowest BCUT2D eigenvalue weighted by Crippen LogP contribution is -2.02. The maximum absolute atomic E-state index is 9.56. The molecule has 3 rings (SSSR count). The highest BCUT2D eigenvalue weighted by Crippen LogP contribution is 2.31. The van der Waals surface area contributed by atoms with Crippen LogP contribution in [0.1, 0.15) is 0 Å². The predicted octanol–water partition coefficient (Wildman–Crippen LogP) is 2.60. The number of hydrogen-bond acceptors (Lipinski definition) is 3. The molecule has 0 saturated heterocycles. The molecule has 98 valence electrons. The highest BCUT2D eigenvalue weighted by Gasteiger charge is 2.06. The molecule has 5 heteroatoms. The number of fused-ring (bicyclic) bond motifs is 1. The molecule has 0 atom stereocenters. The number of anilines is 2. The third kappa shape index (κ3) is 2.42. The minimum absolute atomic E-state index is 0.173. The Morgan fingerprint density at radius 3 is 2.75 bits per heavy atom. The summed E-state index contributed by atoms with van der Waals surface area (Å²) in [5, 5.41) is 14.4. The third-order valence-electron chi connectivity index (χ3n) is 3.12. The average Bonchev–Trinajstić information content (AvgIpc) is 2.43. The van der Waals surface area contributed by atoms with Crippen molar-refractivity contribution in [3.05, 3.63) is 53.7 Å². The highest BCUT2D eigenvalue weighted by molar-refractivity contribution is 6.34. The van der Waals surface area contributed by atoms with Crippen LogP contribution in [0.3, 0.4) is 0 Å². The van der Waals surface area contributed by atoms with Gasteiger partial charge in [-0.2, -0.15) is 0 Å². The summed E-state index contributed by atoms with van der Waals surface area (Å²) in [6.07, 6.45) is 1.75. The standard InChI is InChI=1S/C15H12BClN2O/c16-9-1-4-13-11(7-9)14(5-6-18-13)19-15-8-10(20)2-3-12(15)17/h1-8,20H,16H2,(H,18,19). The Labute approximate surface area is 122 Å². The summed E-state index contributed by atoms with van der Waals surface area (Å²) in [4.78, 5) is 4.34. The van der Waals surface area contributed by atoms with Crippen LogP contribution in [-0.4, -0.2) is 17.9 Å². The first-order valence-corrected chi connectivity index (χ1v) is 6.62. The quantitative estimate of drug-likeness (QED) is 0.710. The molecule has 0 aliphatic carbocycles. The summed E-state index contributed by atoms with van der Waals surface area (Å²) >= 11 is 6.14. The molecule has 0 saturated carbocycles. The summed E-state index contributed by atoms with van der Waals surface area (Å²) in [6.45, 7) is 0. The average molecular weight is 283 g/mol. The molecule has 20 heavy (non-hydrogen) atoms. The number of pyridine rings is 1. The van der Waals surface area contributed by atoms with Gasteiger partial charge in [-0.1, -0.05) is 29.2 Å². The van der Waals surface area contributed by atoms with E-state index in [1.54, 1.807) is 24.4 Å². The van der Waals surface area contributed by atoms with E-state index in [0.717, 1.165) is 22.1 Å². The van der Waals surface area contributed by atoms with Gasteiger partial charge in [0.1, 0.15) is 13.6 Å². The molecule has 0 amide bonds. The fourth-order valence-electron chi connectivity index (χ4n) is 2.12. The van der Waals surface area contributed by atoms with Crippen LogP contribution < -0.4 is 10.8 Å². The van der Waals surface area contributed by atoms with Crippen molar-refractivity contribution in [2.24, 2.45) is 0 Å².